The van der Waals surface area contributed by atoms with Gasteiger partial charge in [-0.1, -0.05) is 12.1 Å². The Kier molecular flexibility index (Phi) is 11.8. The second-order valence-corrected chi connectivity index (χ2v) is 3.11. The van der Waals surface area contributed by atoms with Crippen LogP contribution in [0, 0.1) is 0 Å². The van der Waals surface area contributed by atoms with Crippen molar-refractivity contribution in [3.63, 3.8) is 0 Å². The number of carboxylic acid groups (broad SMARTS) is 2. The van der Waals surface area contributed by atoms with Crippen molar-refractivity contribution in [3.8, 4) is 5.75 Å². The van der Waals surface area contributed by atoms with Crippen LogP contribution in [-0.4, -0.2) is 63.4 Å². The molecule has 0 spiro atoms. The fraction of sp³-hybridized carbons (Fsp3) is 0.273. The predicted octanol–water partition coefficient (Wildman–Crippen LogP) is 0.252. The summed E-state index contributed by atoms with van der Waals surface area (Å²) in [6.07, 6.45) is 0.770. The molecule has 1 aromatic carbocycles. The number of carbonyl (C=O) groups is 2. The van der Waals surface area contributed by atoms with Gasteiger partial charge in [0.15, 0.2) is 0 Å². The number of aromatic carboxylic acids is 1. The summed E-state index contributed by atoms with van der Waals surface area (Å²) in [7, 11) is 0. The van der Waals surface area contributed by atoms with Crippen molar-refractivity contribution >= 4 is 41.5 Å². The van der Waals surface area contributed by atoms with Gasteiger partial charge >= 0.3 is 41.5 Å². The molecule has 0 saturated carbocycles. The number of phenols is 1. The third kappa shape index (κ3) is 9.00. The van der Waals surface area contributed by atoms with E-state index in [9.17, 15) is 9.59 Å². The van der Waals surface area contributed by atoms with Crippen LogP contribution in [0.25, 0.3) is 0 Å². The van der Waals surface area contributed by atoms with E-state index in [0.29, 0.717) is 13.0 Å². The van der Waals surface area contributed by atoms with Gasteiger partial charge in [-0.3, -0.25) is 4.79 Å². The quantitative estimate of drug-likeness (QED) is 0.579. The van der Waals surface area contributed by atoms with Gasteiger partial charge in [0.05, 0.1) is 0 Å². The van der Waals surface area contributed by atoms with E-state index in [-0.39, 0.29) is 47.3 Å². The Morgan fingerprint density at radius 1 is 1.17 bits per heavy atom. The SMILES string of the molecule is NCCCC(=O)O.O=C(O)c1ccccc1O.[NaH]. The molecule has 5 N–H and O–H groups in total. The Morgan fingerprint density at radius 2 is 1.72 bits per heavy atom. The summed E-state index contributed by atoms with van der Waals surface area (Å²) in [4.78, 5) is 20.0. The number of aromatic hydroxyl groups is 1. The molecular formula is C11H16NNaO5. The second kappa shape index (κ2) is 11.0. The number of hydrogen-bond acceptors (Lipinski definition) is 4. The van der Waals surface area contributed by atoms with E-state index in [1.807, 2.05) is 0 Å². The van der Waals surface area contributed by atoms with Crippen molar-refractivity contribution in [1.82, 2.24) is 0 Å². The minimum atomic E-state index is -1.11. The summed E-state index contributed by atoms with van der Waals surface area (Å²) in [6, 6.07) is 5.81. The van der Waals surface area contributed by atoms with Crippen LogP contribution in [0.15, 0.2) is 24.3 Å². The maximum absolute atomic E-state index is 10.3. The number of para-hydroxylation sites is 1. The van der Waals surface area contributed by atoms with Crippen LogP contribution in [0.3, 0.4) is 0 Å². The molecule has 0 aromatic heterocycles. The fourth-order valence-corrected chi connectivity index (χ4v) is 0.908. The van der Waals surface area contributed by atoms with Gasteiger partial charge in [0, 0.05) is 6.42 Å². The Labute approximate surface area is 127 Å². The molecule has 18 heavy (non-hydrogen) atoms. The molecule has 1 aromatic rings. The number of benzene rings is 1. The predicted molar refractivity (Wildman–Crippen MR) is 68.1 cm³/mol. The summed E-state index contributed by atoms with van der Waals surface area (Å²) in [6.45, 7) is 0.465. The Morgan fingerprint density at radius 3 is 2.00 bits per heavy atom. The average Bonchev–Trinajstić information content (AvgIpc) is 2.27. The van der Waals surface area contributed by atoms with Gasteiger partial charge in [-0.25, -0.2) is 4.79 Å². The molecule has 0 atom stereocenters. The van der Waals surface area contributed by atoms with Gasteiger partial charge in [-0.15, -0.1) is 0 Å². The fourth-order valence-electron chi connectivity index (χ4n) is 0.908. The normalized spacial score (nSPS) is 8.50. The number of aliphatic carboxylic acids is 1. The summed E-state index contributed by atoms with van der Waals surface area (Å²) in [5.74, 6) is -2.08. The van der Waals surface area contributed by atoms with Gasteiger partial charge in [0.25, 0.3) is 0 Å². The molecule has 6 nitrogen and oxygen atoms in total. The molecule has 0 aliphatic heterocycles. The molecule has 0 aliphatic rings. The van der Waals surface area contributed by atoms with Crippen molar-refractivity contribution in [2.75, 3.05) is 6.54 Å². The van der Waals surface area contributed by atoms with E-state index in [2.05, 4.69) is 0 Å². The van der Waals surface area contributed by atoms with Crippen molar-refractivity contribution < 1.29 is 24.9 Å². The van der Waals surface area contributed by atoms with Crippen molar-refractivity contribution in [3.05, 3.63) is 29.8 Å². The molecule has 7 heteroatoms. The van der Waals surface area contributed by atoms with E-state index >= 15 is 0 Å². The van der Waals surface area contributed by atoms with E-state index in [1.165, 1.54) is 12.1 Å². The molecule has 0 bridgehead atoms. The standard InChI is InChI=1S/C7H6O3.C4H9NO2.Na.H/c8-6-4-2-1-3-5(6)7(9)10;5-3-1-2-4(6)7;;/h1-4,8H,(H,9,10);1-3,5H2,(H,6,7);;. The first-order valence-electron chi connectivity index (χ1n) is 4.92. The summed E-state index contributed by atoms with van der Waals surface area (Å²) in [5.41, 5.74) is 4.95. The molecule has 96 valence electrons. The minimum absolute atomic E-state index is 0. The van der Waals surface area contributed by atoms with Crippen LogP contribution in [-0.2, 0) is 4.79 Å². The molecule has 0 saturated heterocycles. The first-order chi connectivity index (χ1) is 7.99. The zero-order valence-electron chi connectivity index (χ0n) is 9.17. The third-order valence-electron chi connectivity index (χ3n) is 1.73. The van der Waals surface area contributed by atoms with Crippen LogP contribution in [0.1, 0.15) is 23.2 Å². The number of nitrogens with two attached hydrogens (primary N) is 1. The van der Waals surface area contributed by atoms with E-state index in [1.54, 1.807) is 12.1 Å². The van der Waals surface area contributed by atoms with Gasteiger partial charge in [0.1, 0.15) is 11.3 Å². The second-order valence-electron chi connectivity index (χ2n) is 3.11. The molecule has 0 aliphatic carbocycles. The van der Waals surface area contributed by atoms with Gasteiger partial charge < -0.3 is 21.1 Å². The molecule has 0 amide bonds. The maximum atomic E-state index is 10.3. The van der Waals surface area contributed by atoms with Crippen molar-refractivity contribution in [2.24, 2.45) is 5.73 Å². The zero-order valence-corrected chi connectivity index (χ0v) is 9.17. The Balaban J connectivity index is 0. The van der Waals surface area contributed by atoms with Crippen LogP contribution in [0.4, 0.5) is 0 Å². The van der Waals surface area contributed by atoms with Crippen molar-refractivity contribution in [1.29, 1.82) is 0 Å². The molecule has 0 unspecified atom stereocenters. The number of carboxylic acids is 2. The molecule has 0 radical (unpaired) electrons. The molecule has 1 rings (SSSR count). The van der Waals surface area contributed by atoms with Crippen LogP contribution >= 0.6 is 0 Å². The first-order valence-corrected chi connectivity index (χ1v) is 4.92. The topological polar surface area (TPSA) is 121 Å². The summed E-state index contributed by atoms with van der Waals surface area (Å²) >= 11 is 0. The van der Waals surface area contributed by atoms with Gasteiger partial charge in [0.2, 0.25) is 0 Å². The van der Waals surface area contributed by atoms with Gasteiger partial charge in [-0.2, -0.15) is 0 Å². The first kappa shape index (κ1) is 19.3. The van der Waals surface area contributed by atoms with E-state index < -0.39 is 11.9 Å². The Hall–Kier alpha value is -1.08. The molecular weight excluding hydrogens is 249 g/mol. The van der Waals surface area contributed by atoms with Crippen LogP contribution < -0.4 is 5.73 Å². The average molecular weight is 265 g/mol. The number of rotatable bonds is 4. The monoisotopic (exact) mass is 265 g/mol. The summed E-state index contributed by atoms with van der Waals surface area (Å²) in [5, 5.41) is 25.3. The summed E-state index contributed by atoms with van der Waals surface area (Å²) < 4.78 is 0. The Bertz CT molecular complexity index is 383. The molecule has 0 fully saturated rings. The van der Waals surface area contributed by atoms with E-state index in [4.69, 9.17) is 21.1 Å². The van der Waals surface area contributed by atoms with E-state index in [0.717, 1.165) is 0 Å². The third-order valence-corrected chi connectivity index (χ3v) is 1.73. The van der Waals surface area contributed by atoms with Crippen LogP contribution in [0.5, 0.6) is 5.75 Å². The zero-order chi connectivity index (χ0) is 13.3. The van der Waals surface area contributed by atoms with Crippen LogP contribution in [0.2, 0.25) is 0 Å². The van der Waals surface area contributed by atoms with Crippen molar-refractivity contribution in [2.45, 2.75) is 12.8 Å². The van der Waals surface area contributed by atoms with Gasteiger partial charge in [-0.05, 0) is 25.1 Å². The number of hydrogen-bond donors (Lipinski definition) is 4. The molecule has 0 heterocycles.